The molecule has 1 unspecified atom stereocenters. The first-order valence-electron chi connectivity index (χ1n) is 8.52. The molecule has 1 aromatic rings. The van der Waals surface area contributed by atoms with Gasteiger partial charge >= 0.3 is 0 Å². The Hall–Kier alpha value is -1.89. The molecular weight excluding hydrogens is 346 g/mol. The number of ether oxygens (including phenoxy) is 1. The van der Waals surface area contributed by atoms with Crippen LogP contribution in [0.3, 0.4) is 0 Å². The quantitative estimate of drug-likeness (QED) is 0.322. The lowest BCUT2D eigenvalue weighted by Crippen LogP contribution is -2.64. The highest BCUT2D eigenvalue weighted by Crippen LogP contribution is 2.45. The van der Waals surface area contributed by atoms with Crippen LogP contribution in [0, 0.1) is 0 Å². The van der Waals surface area contributed by atoms with Crippen molar-refractivity contribution in [2.24, 2.45) is 4.99 Å². The van der Waals surface area contributed by atoms with Gasteiger partial charge in [0.2, 0.25) is 17.9 Å². The number of nitrogens with one attached hydrogen (secondary N) is 1. The summed E-state index contributed by atoms with van der Waals surface area (Å²) in [6.07, 6.45) is -2.25. The molecule has 2 aliphatic heterocycles. The molecule has 0 spiro atoms. The van der Waals surface area contributed by atoms with Gasteiger partial charge in [-0.15, -0.1) is 0 Å². The van der Waals surface area contributed by atoms with E-state index in [-0.39, 0.29) is 28.0 Å². The van der Waals surface area contributed by atoms with E-state index in [0.717, 1.165) is 0 Å². The Bertz CT molecular complexity index is 799. The van der Waals surface area contributed by atoms with Crippen LogP contribution in [0.1, 0.15) is 19.3 Å². The molecule has 0 radical (unpaired) electrons. The molecule has 26 heavy (non-hydrogen) atoms. The van der Waals surface area contributed by atoms with E-state index in [4.69, 9.17) is 10.5 Å². The lowest BCUT2D eigenvalue weighted by Gasteiger charge is -2.40. The van der Waals surface area contributed by atoms with Gasteiger partial charge in [0.15, 0.2) is 12.4 Å². The van der Waals surface area contributed by atoms with Crippen molar-refractivity contribution in [1.29, 1.82) is 0 Å². The first-order valence-corrected chi connectivity index (χ1v) is 8.52. The molecule has 3 aliphatic rings. The van der Waals surface area contributed by atoms with E-state index in [1.165, 1.54) is 6.34 Å². The largest absolute Gasteiger partial charge is 0.394 e. The monoisotopic (exact) mass is 368 g/mol. The summed E-state index contributed by atoms with van der Waals surface area (Å²) < 4.78 is 5.51. The van der Waals surface area contributed by atoms with Crippen LogP contribution in [0.25, 0.3) is 0 Å². The predicted molar refractivity (Wildman–Crippen MR) is 90.6 cm³/mol. The number of nitrogens with zero attached hydrogens (tertiary/aromatic N) is 3. The van der Waals surface area contributed by atoms with Gasteiger partial charge in [0.25, 0.3) is 11.4 Å². The predicted octanol–water partition coefficient (Wildman–Crippen LogP) is -2.31. The number of hydrogen-bond acceptors (Lipinski definition) is 9. The zero-order valence-electron chi connectivity index (χ0n) is 13.9. The zero-order chi connectivity index (χ0) is 18.6. The van der Waals surface area contributed by atoms with E-state index in [0.29, 0.717) is 19.3 Å². The molecule has 7 N–H and O–H groups in total. The average Bonchev–Trinajstić information content (AvgIpc) is 3.26. The molecule has 3 heterocycles. The van der Waals surface area contributed by atoms with Gasteiger partial charge in [-0.3, -0.25) is 9.78 Å². The number of aromatic nitrogens is 2. The number of aliphatic hydroxyl groups excluding tert-OH is 4. The highest BCUT2D eigenvalue weighted by molar-refractivity contribution is 5.87. The first-order chi connectivity index (χ1) is 12.4. The Kier molecular flexibility index (Phi) is 4.10. The van der Waals surface area contributed by atoms with Crippen LogP contribution in [0.2, 0.25) is 0 Å². The molecule has 11 nitrogen and oxygen atoms in total. The molecule has 0 bridgehead atoms. The molecule has 142 valence electrons. The fraction of sp³-hybridized carbons (Fsp3) is 0.667. The van der Waals surface area contributed by atoms with E-state index in [1.807, 2.05) is 0 Å². The topological polar surface area (TPSA) is 174 Å². The number of H-pyrrole nitrogens is 1. The average molecular weight is 368 g/mol. The lowest BCUT2D eigenvalue weighted by atomic mass is 10.1. The van der Waals surface area contributed by atoms with Crippen LogP contribution in [-0.2, 0) is 4.74 Å². The van der Waals surface area contributed by atoms with Gasteiger partial charge in [0.1, 0.15) is 18.2 Å². The SMILES string of the molecule is Nc1nc2c(c(=O)[nH]1)N=C[N+]2([C@@H]1CC[C@@H](O)C1)[C@@H]1O[C@H](CO)[C@@H](O)[C@H]1O. The van der Waals surface area contributed by atoms with Crippen molar-refractivity contribution < 1.29 is 25.2 Å². The van der Waals surface area contributed by atoms with Crippen molar-refractivity contribution in [3.63, 3.8) is 0 Å². The fourth-order valence-electron chi connectivity index (χ4n) is 4.28. The Balaban J connectivity index is 1.87. The van der Waals surface area contributed by atoms with E-state index in [1.54, 1.807) is 0 Å². The van der Waals surface area contributed by atoms with Crippen molar-refractivity contribution in [2.45, 2.75) is 55.9 Å². The van der Waals surface area contributed by atoms with Gasteiger partial charge < -0.3 is 30.9 Å². The van der Waals surface area contributed by atoms with E-state index in [9.17, 15) is 25.2 Å². The maximum atomic E-state index is 12.2. The number of hydrogen-bond donors (Lipinski definition) is 6. The summed E-state index contributed by atoms with van der Waals surface area (Å²) in [5, 5.41) is 40.3. The summed E-state index contributed by atoms with van der Waals surface area (Å²) in [6, 6.07) is -0.284. The number of nitrogens with two attached hydrogens (primary N) is 1. The Morgan fingerprint density at radius 2 is 2.08 bits per heavy atom. The maximum absolute atomic E-state index is 12.2. The molecular formula is C15H22N5O6+. The number of fused-ring (bicyclic) bond motifs is 1. The highest BCUT2D eigenvalue weighted by atomic mass is 16.6. The molecule has 7 atom stereocenters. The lowest BCUT2D eigenvalue weighted by molar-refractivity contribution is -0.0781. The minimum Gasteiger partial charge on any atom is -0.394 e. The summed E-state index contributed by atoms with van der Waals surface area (Å²) in [5.74, 6) is 0.104. The molecule has 1 saturated carbocycles. The fourth-order valence-corrected chi connectivity index (χ4v) is 4.28. The van der Waals surface area contributed by atoms with Crippen LogP contribution in [0.5, 0.6) is 0 Å². The van der Waals surface area contributed by atoms with Crippen molar-refractivity contribution in [1.82, 2.24) is 14.5 Å². The molecule has 1 saturated heterocycles. The third-order valence-corrected chi connectivity index (χ3v) is 5.56. The summed E-state index contributed by atoms with van der Waals surface area (Å²) >= 11 is 0. The van der Waals surface area contributed by atoms with Crippen LogP contribution in [0.15, 0.2) is 9.79 Å². The van der Waals surface area contributed by atoms with Crippen molar-refractivity contribution in [3.05, 3.63) is 10.4 Å². The van der Waals surface area contributed by atoms with Crippen LogP contribution < -0.4 is 15.8 Å². The van der Waals surface area contributed by atoms with E-state index in [2.05, 4.69) is 15.0 Å². The van der Waals surface area contributed by atoms with Crippen molar-refractivity contribution >= 4 is 23.8 Å². The number of rotatable bonds is 3. The second-order valence-corrected chi connectivity index (χ2v) is 7.05. The van der Waals surface area contributed by atoms with Crippen LogP contribution >= 0.6 is 0 Å². The van der Waals surface area contributed by atoms with Gasteiger partial charge in [-0.05, 0) is 6.42 Å². The zero-order valence-corrected chi connectivity index (χ0v) is 13.9. The number of quaternary nitrogens is 1. The molecule has 1 aliphatic carbocycles. The second kappa shape index (κ2) is 6.08. The van der Waals surface area contributed by atoms with Gasteiger partial charge in [-0.25, -0.2) is 4.48 Å². The Morgan fingerprint density at radius 3 is 2.69 bits per heavy atom. The van der Waals surface area contributed by atoms with Gasteiger partial charge in [-0.2, -0.15) is 9.98 Å². The summed E-state index contributed by atoms with van der Waals surface area (Å²) in [7, 11) is 0. The number of anilines is 1. The third kappa shape index (κ3) is 2.32. The number of aliphatic imine (C=N–C) groups is 1. The molecule has 0 amide bonds. The molecule has 2 fully saturated rings. The van der Waals surface area contributed by atoms with Gasteiger partial charge in [0.05, 0.1) is 12.7 Å². The Morgan fingerprint density at radius 1 is 1.31 bits per heavy atom. The number of aromatic amines is 1. The summed E-state index contributed by atoms with van der Waals surface area (Å²) in [5.41, 5.74) is 5.25. The molecule has 1 aromatic heterocycles. The normalized spacial score (nSPS) is 41.7. The second-order valence-electron chi connectivity index (χ2n) is 7.05. The third-order valence-electron chi connectivity index (χ3n) is 5.56. The summed E-state index contributed by atoms with van der Waals surface area (Å²) in [6.45, 7) is -0.475. The smallest absolute Gasteiger partial charge is 0.284 e. The summed E-state index contributed by atoms with van der Waals surface area (Å²) in [4.78, 5) is 23.1. The van der Waals surface area contributed by atoms with Crippen molar-refractivity contribution in [3.8, 4) is 0 Å². The molecule has 4 rings (SSSR count). The van der Waals surface area contributed by atoms with E-state index >= 15 is 0 Å². The van der Waals surface area contributed by atoms with Crippen molar-refractivity contribution in [2.75, 3.05) is 12.3 Å². The minimum atomic E-state index is -1.34. The minimum absolute atomic E-state index is 0.0540. The highest BCUT2D eigenvalue weighted by Gasteiger charge is 2.61. The molecule has 0 aromatic carbocycles. The van der Waals surface area contributed by atoms with Crippen LogP contribution in [-0.4, -0.2) is 80.0 Å². The van der Waals surface area contributed by atoms with Crippen LogP contribution in [0.4, 0.5) is 17.5 Å². The maximum Gasteiger partial charge on any atom is 0.284 e. The standard InChI is InChI=1S/C15H21N5O6/c16-15-18-12-9(13(25)19-15)17-5-20(12,6-1-2-7(22)3-6)14-11(24)10(23)8(4-21)26-14/h5-8,10-11,14,21-24H,1-4H2,(H2-,16,18,19,25)/p+1/t6-,7-,8-,10-,11-,14-,20?/m1/s1. The Labute approximate surface area is 148 Å². The first kappa shape index (κ1) is 17.5. The molecule has 11 heteroatoms. The van der Waals surface area contributed by atoms with Gasteiger partial charge in [-0.1, -0.05) is 0 Å². The number of nitrogen functional groups attached to an aromatic ring is 1. The van der Waals surface area contributed by atoms with Gasteiger partial charge in [0, 0.05) is 12.8 Å². The number of aliphatic hydroxyl groups is 4. The van der Waals surface area contributed by atoms with E-state index < -0.39 is 42.8 Å².